The fourth-order valence-corrected chi connectivity index (χ4v) is 3.60. The maximum atomic E-state index is 13.2. The highest BCUT2D eigenvalue weighted by molar-refractivity contribution is 7.80. The lowest BCUT2D eigenvalue weighted by Crippen LogP contribution is -2.28. The maximum absolute atomic E-state index is 13.2. The Bertz CT molecular complexity index is 1110. The molecule has 0 spiro atoms. The van der Waals surface area contributed by atoms with Crippen molar-refractivity contribution in [2.45, 2.75) is 45.3 Å². The number of nitrogens with two attached hydrogens (primary N) is 1. The van der Waals surface area contributed by atoms with Gasteiger partial charge in [-0.1, -0.05) is 54.7 Å². The van der Waals surface area contributed by atoms with E-state index in [2.05, 4.69) is 0 Å². The van der Waals surface area contributed by atoms with Gasteiger partial charge in [0, 0.05) is 5.92 Å². The van der Waals surface area contributed by atoms with Crippen LogP contribution in [0.5, 0.6) is 5.75 Å². The number of rotatable bonds is 8. The second kappa shape index (κ2) is 10.6. The van der Waals surface area contributed by atoms with E-state index in [9.17, 15) is 9.18 Å². The minimum Gasteiger partial charge on any atom is -0.489 e. The van der Waals surface area contributed by atoms with Crippen molar-refractivity contribution in [2.75, 3.05) is 0 Å². The third-order valence-electron chi connectivity index (χ3n) is 4.93. The zero-order valence-electron chi connectivity index (χ0n) is 19.0. The third-order valence-corrected chi connectivity index (χ3v) is 5.21. The number of thiocarbonyl (C=S) groups is 1. The molecule has 6 heteroatoms. The summed E-state index contributed by atoms with van der Waals surface area (Å²) in [6.07, 6.45) is 0.0863. The summed E-state index contributed by atoms with van der Waals surface area (Å²) in [5.41, 5.74) is 9.09. The summed E-state index contributed by atoms with van der Waals surface area (Å²) in [4.78, 5) is 12.5. The van der Waals surface area contributed by atoms with E-state index in [1.54, 1.807) is 12.1 Å². The van der Waals surface area contributed by atoms with Crippen LogP contribution in [-0.2, 0) is 16.1 Å². The van der Waals surface area contributed by atoms with Gasteiger partial charge >= 0.3 is 5.97 Å². The summed E-state index contributed by atoms with van der Waals surface area (Å²) in [6.45, 7) is 5.84. The van der Waals surface area contributed by atoms with E-state index in [0.717, 1.165) is 22.3 Å². The van der Waals surface area contributed by atoms with Crippen molar-refractivity contribution in [2.24, 2.45) is 5.73 Å². The Morgan fingerprint density at radius 2 is 1.67 bits per heavy atom. The van der Waals surface area contributed by atoms with Crippen molar-refractivity contribution in [3.8, 4) is 16.9 Å². The summed E-state index contributed by atoms with van der Waals surface area (Å²) >= 11 is 5.18. The molecule has 1 atom stereocenters. The van der Waals surface area contributed by atoms with Crippen molar-refractivity contribution in [3.05, 3.63) is 89.7 Å². The monoisotopic (exact) mass is 465 g/mol. The lowest BCUT2D eigenvalue weighted by Gasteiger charge is -2.22. The quantitative estimate of drug-likeness (QED) is 0.318. The molecule has 0 aliphatic heterocycles. The van der Waals surface area contributed by atoms with Crippen LogP contribution in [0.2, 0.25) is 0 Å². The average molecular weight is 466 g/mol. The van der Waals surface area contributed by atoms with E-state index < -0.39 is 11.5 Å². The SMILES string of the molecule is CC(C)(C)OC(=O)CC(C(N)=S)c1ccc(OCc2cccc(-c3ccc(F)cc3)c2)cc1. The topological polar surface area (TPSA) is 61.5 Å². The number of esters is 1. The van der Waals surface area contributed by atoms with Gasteiger partial charge in [0.1, 0.15) is 23.8 Å². The summed E-state index contributed by atoms with van der Waals surface area (Å²) < 4.78 is 24.5. The smallest absolute Gasteiger partial charge is 0.307 e. The summed E-state index contributed by atoms with van der Waals surface area (Å²) in [5.74, 6) is -0.326. The van der Waals surface area contributed by atoms with Crippen molar-refractivity contribution in [1.29, 1.82) is 0 Å². The van der Waals surface area contributed by atoms with Gasteiger partial charge in [0.15, 0.2) is 0 Å². The number of halogens is 1. The van der Waals surface area contributed by atoms with Crippen molar-refractivity contribution < 1.29 is 18.7 Å². The Morgan fingerprint density at radius 3 is 2.27 bits per heavy atom. The number of benzene rings is 3. The molecule has 0 aliphatic carbocycles. The zero-order valence-corrected chi connectivity index (χ0v) is 19.8. The predicted octanol–water partition coefficient (Wildman–Crippen LogP) is 6.17. The molecule has 3 aromatic carbocycles. The van der Waals surface area contributed by atoms with Crippen LogP contribution in [0.15, 0.2) is 72.8 Å². The van der Waals surface area contributed by atoms with E-state index in [1.807, 2.05) is 69.3 Å². The first kappa shape index (κ1) is 24.4. The van der Waals surface area contributed by atoms with Crippen molar-refractivity contribution in [1.82, 2.24) is 0 Å². The highest BCUT2D eigenvalue weighted by Crippen LogP contribution is 2.26. The van der Waals surface area contributed by atoms with Crippen molar-refractivity contribution in [3.63, 3.8) is 0 Å². The van der Waals surface area contributed by atoms with E-state index in [4.69, 9.17) is 27.4 Å². The van der Waals surface area contributed by atoms with E-state index in [0.29, 0.717) is 12.4 Å². The Hall–Kier alpha value is -3.25. The largest absolute Gasteiger partial charge is 0.489 e. The lowest BCUT2D eigenvalue weighted by molar-refractivity contribution is -0.154. The normalized spacial score (nSPS) is 12.1. The first-order valence-electron chi connectivity index (χ1n) is 10.7. The molecule has 0 aromatic heterocycles. The Kier molecular flexibility index (Phi) is 7.82. The number of hydrogen-bond donors (Lipinski definition) is 1. The maximum Gasteiger partial charge on any atom is 0.307 e. The van der Waals surface area contributed by atoms with Gasteiger partial charge in [-0.15, -0.1) is 0 Å². The molecule has 4 nitrogen and oxygen atoms in total. The molecule has 3 aromatic rings. The van der Waals surface area contributed by atoms with Crippen LogP contribution in [-0.4, -0.2) is 16.6 Å². The molecular weight excluding hydrogens is 437 g/mol. The number of carbonyl (C=O) groups excluding carboxylic acids is 1. The van der Waals surface area contributed by atoms with E-state index in [-0.39, 0.29) is 23.2 Å². The van der Waals surface area contributed by atoms with E-state index >= 15 is 0 Å². The number of ether oxygens (including phenoxy) is 2. The van der Waals surface area contributed by atoms with E-state index in [1.165, 1.54) is 12.1 Å². The molecule has 2 N–H and O–H groups in total. The van der Waals surface area contributed by atoms with Crippen LogP contribution in [0, 0.1) is 5.82 Å². The van der Waals surface area contributed by atoms with Gasteiger partial charge in [-0.25, -0.2) is 4.39 Å². The van der Waals surface area contributed by atoms with Gasteiger partial charge in [0.05, 0.1) is 11.4 Å². The Labute approximate surface area is 199 Å². The molecule has 0 saturated heterocycles. The van der Waals surface area contributed by atoms with Gasteiger partial charge in [0.2, 0.25) is 0 Å². The van der Waals surface area contributed by atoms with Crippen LogP contribution in [0.4, 0.5) is 4.39 Å². The first-order valence-corrected chi connectivity index (χ1v) is 11.1. The summed E-state index contributed by atoms with van der Waals surface area (Å²) in [7, 11) is 0. The average Bonchev–Trinajstić information content (AvgIpc) is 2.76. The molecule has 0 radical (unpaired) electrons. The van der Waals surface area contributed by atoms with Crippen LogP contribution in [0.1, 0.15) is 44.2 Å². The van der Waals surface area contributed by atoms with Crippen LogP contribution >= 0.6 is 12.2 Å². The highest BCUT2D eigenvalue weighted by Gasteiger charge is 2.23. The van der Waals surface area contributed by atoms with Crippen molar-refractivity contribution >= 4 is 23.2 Å². The Morgan fingerprint density at radius 1 is 1.00 bits per heavy atom. The lowest BCUT2D eigenvalue weighted by atomic mass is 9.95. The molecule has 1 unspecified atom stereocenters. The highest BCUT2D eigenvalue weighted by atomic mass is 32.1. The predicted molar refractivity (Wildman–Crippen MR) is 133 cm³/mol. The standard InChI is InChI=1S/C27H28FNO3S/c1-27(2,3)32-25(30)16-24(26(29)33)20-9-13-23(14-10-20)31-17-18-5-4-6-21(15-18)19-7-11-22(28)12-8-19/h4-15,24H,16-17H2,1-3H3,(H2,29,33). The number of carbonyl (C=O) groups is 1. The molecular formula is C27H28FNO3S. The van der Waals surface area contributed by atoms with Gasteiger partial charge in [-0.3, -0.25) is 4.79 Å². The summed E-state index contributed by atoms with van der Waals surface area (Å²) in [5, 5.41) is 0. The fourth-order valence-electron chi connectivity index (χ4n) is 3.38. The van der Waals surface area contributed by atoms with Crippen LogP contribution in [0.25, 0.3) is 11.1 Å². The number of hydrogen-bond acceptors (Lipinski definition) is 4. The minimum atomic E-state index is -0.566. The Balaban J connectivity index is 1.64. The van der Waals surface area contributed by atoms with Gasteiger partial charge in [-0.2, -0.15) is 0 Å². The second-order valence-electron chi connectivity index (χ2n) is 8.81. The van der Waals surface area contributed by atoms with Gasteiger partial charge in [0.25, 0.3) is 0 Å². The summed E-state index contributed by atoms with van der Waals surface area (Å²) in [6, 6.07) is 21.7. The third kappa shape index (κ3) is 7.39. The van der Waals surface area contributed by atoms with Crippen LogP contribution in [0.3, 0.4) is 0 Å². The molecule has 0 saturated carbocycles. The zero-order chi connectivity index (χ0) is 24.0. The fraction of sp³-hybridized carbons (Fsp3) is 0.259. The molecule has 33 heavy (non-hydrogen) atoms. The molecule has 172 valence electrons. The van der Waals surface area contributed by atoms with Crippen LogP contribution < -0.4 is 10.5 Å². The molecule has 0 fully saturated rings. The van der Waals surface area contributed by atoms with Gasteiger partial charge in [-0.05, 0) is 73.4 Å². The minimum absolute atomic E-state index is 0.0863. The molecule has 3 rings (SSSR count). The van der Waals surface area contributed by atoms with Gasteiger partial charge < -0.3 is 15.2 Å². The molecule has 0 amide bonds. The molecule has 0 heterocycles. The first-order chi connectivity index (χ1) is 15.6. The second-order valence-corrected chi connectivity index (χ2v) is 9.28. The molecule has 0 aliphatic rings. The molecule has 0 bridgehead atoms.